The molecule has 5 heteroatoms. The maximum absolute atomic E-state index is 10.4. The molecule has 0 aliphatic carbocycles. The van der Waals surface area contributed by atoms with Gasteiger partial charge in [-0.1, -0.05) is 60.7 Å². The standard InChI is InChI=1S/C30H22N4O/c1-34-29(25-12-5-6-13-27(25)35)33-28-24(15-17-32-30(28)34)22-10-7-11-23(18-22)26-19-21(14-16-31-26)20-8-3-2-4-9-20/h2-19,35H,1H3. The Bertz CT molecular complexity index is 1670. The maximum atomic E-state index is 10.4. The van der Waals surface area contributed by atoms with E-state index in [-0.39, 0.29) is 5.75 Å². The lowest BCUT2D eigenvalue weighted by molar-refractivity contribution is 0.476. The molecule has 0 radical (unpaired) electrons. The number of aromatic hydroxyl groups is 1. The molecular weight excluding hydrogens is 432 g/mol. The largest absolute Gasteiger partial charge is 0.507 e. The Labute approximate surface area is 203 Å². The molecule has 0 fully saturated rings. The Balaban J connectivity index is 1.46. The summed E-state index contributed by atoms with van der Waals surface area (Å²) in [5, 5.41) is 10.4. The first-order valence-electron chi connectivity index (χ1n) is 11.4. The summed E-state index contributed by atoms with van der Waals surface area (Å²) < 4.78 is 1.92. The Morgan fingerprint density at radius 3 is 2.23 bits per heavy atom. The summed E-state index contributed by atoms with van der Waals surface area (Å²) in [6.45, 7) is 0. The normalized spacial score (nSPS) is 11.1. The lowest BCUT2D eigenvalue weighted by Gasteiger charge is -2.08. The van der Waals surface area contributed by atoms with E-state index < -0.39 is 0 Å². The molecule has 6 rings (SSSR count). The molecule has 3 aromatic heterocycles. The van der Waals surface area contributed by atoms with Gasteiger partial charge in [0.25, 0.3) is 0 Å². The molecular formula is C30H22N4O. The predicted molar refractivity (Wildman–Crippen MR) is 140 cm³/mol. The van der Waals surface area contributed by atoms with Crippen molar-refractivity contribution in [1.29, 1.82) is 0 Å². The third-order valence-corrected chi connectivity index (χ3v) is 6.24. The van der Waals surface area contributed by atoms with E-state index in [0.717, 1.165) is 44.7 Å². The van der Waals surface area contributed by atoms with Crippen molar-refractivity contribution in [3.8, 4) is 50.6 Å². The van der Waals surface area contributed by atoms with Crippen LogP contribution in [0.2, 0.25) is 0 Å². The minimum absolute atomic E-state index is 0.193. The minimum Gasteiger partial charge on any atom is -0.507 e. The first kappa shape index (κ1) is 20.8. The molecule has 168 valence electrons. The van der Waals surface area contributed by atoms with E-state index in [1.54, 1.807) is 18.3 Å². The van der Waals surface area contributed by atoms with Crippen molar-refractivity contribution in [3.05, 3.63) is 109 Å². The number of aromatic nitrogens is 4. The number of phenols is 1. The Morgan fingerprint density at radius 1 is 0.629 bits per heavy atom. The van der Waals surface area contributed by atoms with E-state index >= 15 is 0 Å². The number of nitrogens with zero attached hydrogens (tertiary/aromatic N) is 4. The molecule has 6 aromatic rings. The van der Waals surface area contributed by atoms with Gasteiger partial charge >= 0.3 is 0 Å². The van der Waals surface area contributed by atoms with Crippen LogP contribution in [0.1, 0.15) is 0 Å². The highest BCUT2D eigenvalue weighted by Gasteiger charge is 2.17. The number of para-hydroxylation sites is 1. The number of hydrogen-bond acceptors (Lipinski definition) is 4. The highest BCUT2D eigenvalue weighted by atomic mass is 16.3. The second kappa shape index (κ2) is 8.54. The molecule has 0 spiro atoms. The predicted octanol–water partition coefficient (Wildman–Crippen LogP) is 6.74. The molecule has 3 aromatic carbocycles. The van der Waals surface area contributed by atoms with Crippen LogP contribution in [0.5, 0.6) is 5.75 Å². The molecule has 0 saturated carbocycles. The summed E-state index contributed by atoms with van der Waals surface area (Å²) in [4.78, 5) is 14.1. The van der Waals surface area contributed by atoms with E-state index in [2.05, 4.69) is 46.4 Å². The molecule has 1 N–H and O–H groups in total. The fraction of sp³-hybridized carbons (Fsp3) is 0.0333. The summed E-state index contributed by atoms with van der Waals surface area (Å²) >= 11 is 0. The van der Waals surface area contributed by atoms with Gasteiger partial charge in [-0.3, -0.25) is 4.98 Å². The van der Waals surface area contributed by atoms with Crippen LogP contribution in [0.15, 0.2) is 109 Å². The van der Waals surface area contributed by atoms with Crippen LogP contribution in [-0.4, -0.2) is 24.6 Å². The van der Waals surface area contributed by atoms with Gasteiger partial charge in [0, 0.05) is 30.6 Å². The lowest BCUT2D eigenvalue weighted by Crippen LogP contribution is -1.94. The molecule has 0 bridgehead atoms. The summed E-state index contributed by atoms with van der Waals surface area (Å²) in [7, 11) is 1.92. The van der Waals surface area contributed by atoms with Crippen LogP contribution in [-0.2, 0) is 7.05 Å². The van der Waals surface area contributed by atoms with E-state index in [1.165, 1.54) is 0 Å². The zero-order chi connectivity index (χ0) is 23.8. The van der Waals surface area contributed by atoms with E-state index in [0.29, 0.717) is 11.4 Å². The molecule has 0 aliphatic rings. The second-order valence-electron chi connectivity index (χ2n) is 8.42. The molecule has 35 heavy (non-hydrogen) atoms. The van der Waals surface area contributed by atoms with Gasteiger partial charge in [0.05, 0.1) is 11.3 Å². The Morgan fingerprint density at radius 2 is 1.37 bits per heavy atom. The van der Waals surface area contributed by atoms with E-state index in [1.807, 2.05) is 66.3 Å². The van der Waals surface area contributed by atoms with Crippen LogP contribution < -0.4 is 0 Å². The van der Waals surface area contributed by atoms with Gasteiger partial charge in [-0.15, -0.1) is 0 Å². The molecule has 3 heterocycles. The van der Waals surface area contributed by atoms with Crippen LogP contribution in [0, 0.1) is 0 Å². The SMILES string of the molecule is Cn1c(-c2ccccc2O)nc2c(-c3cccc(-c4cc(-c5ccccc5)ccn4)c3)ccnc21. The van der Waals surface area contributed by atoms with Crippen molar-refractivity contribution in [2.75, 3.05) is 0 Å². The summed E-state index contributed by atoms with van der Waals surface area (Å²) in [5.41, 5.74) is 8.47. The van der Waals surface area contributed by atoms with Crippen molar-refractivity contribution in [2.24, 2.45) is 7.05 Å². The maximum Gasteiger partial charge on any atom is 0.160 e. The van der Waals surface area contributed by atoms with Crippen LogP contribution >= 0.6 is 0 Å². The third kappa shape index (κ3) is 3.73. The lowest BCUT2D eigenvalue weighted by atomic mass is 9.99. The number of hydrogen-bond donors (Lipinski definition) is 1. The monoisotopic (exact) mass is 454 g/mol. The fourth-order valence-corrected chi connectivity index (χ4v) is 4.46. The van der Waals surface area contributed by atoms with Gasteiger partial charge in [-0.05, 0) is 53.1 Å². The highest BCUT2D eigenvalue weighted by molar-refractivity contribution is 5.93. The molecule has 5 nitrogen and oxygen atoms in total. The van der Waals surface area contributed by atoms with Crippen LogP contribution in [0.25, 0.3) is 56.1 Å². The number of fused-ring (bicyclic) bond motifs is 1. The van der Waals surface area contributed by atoms with Crippen molar-refractivity contribution >= 4 is 11.2 Å². The minimum atomic E-state index is 0.193. The number of imidazole rings is 1. The van der Waals surface area contributed by atoms with Gasteiger partial charge in [0.1, 0.15) is 17.1 Å². The number of phenolic OH excluding ortho intramolecular Hbond substituents is 1. The number of benzene rings is 3. The van der Waals surface area contributed by atoms with Gasteiger partial charge in [-0.2, -0.15) is 0 Å². The average molecular weight is 455 g/mol. The topological polar surface area (TPSA) is 63.8 Å². The third-order valence-electron chi connectivity index (χ3n) is 6.24. The van der Waals surface area contributed by atoms with Crippen LogP contribution in [0.3, 0.4) is 0 Å². The number of pyridine rings is 2. The molecule has 0 aliphatic heterocycles. The van der Waals surface area contributed by atoms with Crippen molar-refractivity contribution in [2.45, 2.75) is 0 Å². The van der Waals surface area contributed by atoms with Gasteiger partial charge in [0.15, 0.2) is 5.65 Å². The summed E-state index contributed by atoms with van der Waals surface area (Å²) in [6.07, 6.45) is 3.65. The van der Waals surface area contributed by atoms with Gasteiger partial charge in [-0.25, -0.2) is 9.97 Å². The Hall–Kier alpha value is -4.77. The van der Waals surface area contributed by atoms with Crippen molar-refractivity contribution in [1.82, 2.24) is 19.5 Å². The number of rotatable bonds is 4. The molecule has 0 amide bonds. The molecule has 0 saturated heterocycles. The van der Waals surface area contributed by atoms with Gasteiger partial charge in [0.2, 0.25) is 0 Å². The summed E-state index contributed by atoms with van der Waals surface area (Å²) in [6, 6.07) is 32.0. The van der Waals surface area contributed by atoms with Crippen molar-refractivity contribution in [3.63, 3.8) is 0 Å². The van der Waals surface area contributed by atoms with E-state index in [4.69, 9.17) is 4.98 Å². The highest BCUT2D eigenvalue weighted by Crippen LogP contribution is 2.35. The zero-order valence-corrected chi connectivity index (χ0v) is 19.1. The quantitative estimate of drug-likeness (QED) is 0.320. The average Bonchev–Trinajstić information content (AvgIpc) is 3.26. The van der Waals surface area contributed by atoms with Gasteiger partial charge < -0.3 is 9.67 Å². The second-order valence-corrected chi connectivity index (χ2v) is 8.42. The van der Waals surface area contributed by atoms with Crippen LogP contribution in [0.4, 0.5) is 0 Å². The van der Waals surface area contributed by atoms with Crippen molar-refractivity contribution < 1.29 is 5.11 Å². The smallest absolute Gasteiger partial charge is 0.160 e. The van der Waals surface area contributed by atoms with E-state index in [9.17, 15) is 5.11 Å². The number of aryl methyl sites for hydroxylation is 1. The fourth-order valence-electron chi connectivity index (χ4n) is 4.46. The summed E-state index contributed by atoms with van der Waals surface area (Å²) in [5.74, 6) is 0.866. The Kier molecular flexibility index (Phi) is 5.08. The first-order chi connectivity index (χ1) is 17.2. The molecule has 0 atom stereocenters. The first-order valence-corrected chi connectivity index (χ1v) is 11.4. The zero-order valence-electron chi connectivity index (χ0n) is 19.1. The molecule has 0 unspecified atom stereocenters.